The Morgan fingerprint density at radius 2 is 1.78 bits per heavy atom. The third-order valence-electron chi connectivity index (χ3n) is 8.03. The molecular weight excluding hydrogens is 653 g/mol. The summed E-state index contributed by atoms with van der Waals surface area (Å²) in [6, 6.07) is 23.5. The molecule has 0 aromatic heterocycles. The van der Waals surface area contributed by atoms with E-state index < -0.39 is 21.0 Å². The second-order valence-electron chi connectivity index (χ2n) is 11.0. The van der Waals surface area contributed by atoms with Gasteiger partial charge in [0.25, 0.3) is 5.69 Å². The van der Waals surface area contributed by atoms with Crippen LogP contribution in [0.3, 0.4) is 0 Å². The van der Waals surface area contributed by atoms with Gasteiger partial charge in [0.2, 0.25) is 10.0 Å². The molecule has 1 aliphatic rings. The molecule has 11 nitrogen and oxygen atoms in total. The van der Waals surface area contributed by atoms with Gasteiger partial charge in [0.15, 0.2) is 0 Å². The molecule has 0 unspecified atom stereocenters. The second kappa shape index (κ2) is 17.3. The minimum Gasteiger partial charge on any atom is -0.445 e. The number of nitrogens with zero attached hydrogens (tertiary/aromatic N) is 5. The number of amides is 1. The fourth-order valence-corrected chi connectivity index (χ4v) is 6.89. The predicted octanol–water partition coefficient (Wildman–Crippen LogP) is 6.09. The number of ether oxygens (including phenoxy) is 1. The molecule has 0 radical (unpaired) electrons. The highest BCUT2D eigenvalue weighted by Crippen LogP contribution is 2.27. The Labute approximate surface area is 280 Å². The van der Waals surface area contributed by atoms with Crippen LogP contribution in [0.25, 0.3) is 0 Å². The number of non-ortho nitro benzene ring substituents is 1. The number of hydrogen-bond acceptors (Lipinski definition) is 8. The molecule has 246 valence electrons. The first kappa shape index (κ1) is 36.7. The molecule has 1 amide bonds. The zero-order chi connectivity index (χ0) is 32.4. The minimum absolute atomic E-state index is 0. The lowest BCUT2D eigenvalue weighted by Crippen LogP contribution is -2.48. The minimum atomic E-state index is -3.67. The molecule has 46 heavy (non-hydrogen) atoms. The molecule has 0 aliphatic carbocycles. The van der Waals surface area contributed by atoms with Gasteiger partial charge in [-0.25, -0.2) is 17.5 Å². The quantitative estimate of drug-likeness (QED) is 0.119. The molecule has 1 aliphatic heterocycles. The number of sulfonamides is 1. The van der Waals surface area contributed by atoms with Gasteiger partial charge < -0.3 is 9.64 Å². The Morgan fingerprint density at radius 3 is 2.39 bits per heavy atom. The number of hydrogen-bond donors (Lipinski definition) is 0. The highest BCUT2D eigenvalue weighted by Gasteiger charge is 2.30. The van der Waals surface area contributed by atoms with E-state index in [1.54, 1.807) is 43.4 Å². The van der Waals surface area contributed by atoms with Gasteiger partial charge in [0, 0.05) is 49.9 Å². The average molecular weight is 691 g/mol. The van der Waals surface area contributed by atoms with Crippen LogP contribution in [0.15, 0.2) is 83.8 Å². The molecular formula is C32H37Cl2N5O6S. The van der Waals surface area contributed by atoms with Crippen LogP contribution < -0.4 is 0 Å². The molecule has 0 spiro atoms. The van der Waals surface area contributed by atoms with Crippen LogP contribution >= 0.6 is 24.0 Å². The van der Waals surface area contributed by atoms with E-state index >= 15 is 0 Å². The standard InChI is InChI=1S/C32H36ClN5O6S.ClH/c1-35(45(42,43)31-8-3-2-4-9-31)23-27(26-6-5-7-28(33)22-26)14-18-36-19-15-29(16-20-36)37(21-17-34)32(39)44-24-25-10-12-30(13-11-25)38(40)41;/h2-13,22,27,29H,14-16,18-21,23-24H2,1H3;1H/t27-;/m1./s1. The lowest BCUT2D eigenvalue weighted by Gasteiger charge is -2.37. The fourth-order valence-electron chi connectivity index (χ4n) is 5.46. The Bertz CT molecular complexity index is 1600. The van der Waals surface area contributed by atoms with Crippen molar-refractivity contribution >= 4 is 45.8 Å². The molecule has 1 atom stereocenters. The summed E-state index contributed by atoms with van der Waals surface area (Å²) in [4.78, 5) is 27.3. The largest absolute Gasteiger partial charge is 0.445 e. The maximum Gasteiger partial charge on any atom is 0.411 e. The highest BCUT2D eigenvalue weighted by molar-refractivity contribution is 7.89. The molecule has 0 N–H and O–H groups in total. The van der Waals surface area contributed by atoms with Crippen molar-refractivity contribution in [3.8, 4) is 6.07 Å². The summed E-state index contributed by atoms with van der Waals surface area (Å²) in [6.07, 6.45) is 1.40. The van der Waals surface area contributed by atoms with E-state index in [4.69, 9.17) is 16.3 Å². The second-order valence-corrected chi connectivity index (χ2v) is 13.5. The van der Waals surface area contributed by atoms with Crippen molar-refractivity contribution in [3.05, 3.63) is 105 Å². The van der Waals surface area contributed by atoms with Crippen LogP contribution in [0.5, 0.6) is 0 Å². The molecule has 1 saturated heterocycles. The average Bonchev–Trinajstić information content (AvgIpc) is 3.05. The number of benzene rings is 3. The van der Waals surface area contributed by atoms with E-state index in [9.17, 15) is 28.6 Å². The Hall–Kier alpha value is -3.73. The number of likely N-dealkylation sites (N-methyl/N-ethyl adjacent to an activating group) is 1. The molecule has 0 saturated carbocycles. The van der Waals surface area contributed by atoms with E-state index in [0.29, 0.717) is 49.5 Å². The van der Waals surface area contributed by atoms with Crippen LogP contribution in [0.4, 0.5) is 10.5 Å². The van der Waals surface area contributed by atoms with Crippen molar-refractivity contribution in [2.45, 2.75) is 42.7 Å². The lowest BCUT2D eigenvalue weighted by atomic mass is 9.94. The molecule has 3 aromatic carbocycles. The molecule has 1 fully saturated rings. The summed E-state index contributed by atoms with van der Waals surface area (Å²) in [6.45, 7) is 2.22. The number of carbonyl (C=O) groups is 1. The third-order valence-corrected chi connectivity index (χ3v) is 10.1. The van der Waals surface area contributed by atoms with Crippen LogP contribution in [-0.2, 0) is 21.4 Å². The highest BCUT2D eigenvalue weighted by atomic mass is 35.5. The summed E-state index contributed by atoms with van der Waals surface area (Å²) in [5.41, 5.74) is 1.52. The SMILES string of the molecule is CN(C[C@@H](CCN1CCC(N(CC#N)C(=O)OCc2ccc([N+](=O)[O-])cc2)CC1)c1cccc(Cl)c1)S(=O)(=O)c1ccccc1.Cl. The molecule has 4 rings (SSSR count). The predicted molar refractivity (Wildman–Crippen MR) is 177 cm³/mol. The van der Waals surface area contributed by atoms with Crippen molar-refractivity contribution in [3.63, 3.8) is 0 Å². The number of nitro groups is 1. The van der Waals surface area contributed by atoms with Crippen LogP contribution in [0, 0.1) is 21.4 Å². The van der Waals surface area contributed by atoms with Crippen LogP contribution in [-0.4, -0.2) is 79.4 Å². The third kappa shape index (κ3) is 9.88. The lowest BCUT2D eigenvalue weighted by molar-refractivity contribution is -0.384. The molecule has 0 bridgehead atoms. The van der Waals surface area contributed by atoms with E-state index in [1.165, 1.54) is 33.5 Å². The maximum atomic E-state index is 13.2. The first-order chi connectivity index (χ1) is 21.6. The van der Waals surface area contributed by atoms with Gasteiger partial charge in [0.05, 0.1) is 15.9 Å². The number of rotatable bonds is 13. The monoisotopic (exact) mass is 689 g/mol. The van der Waals surface area contributed by atoms with E-state index in [2.05, 4.69) is 11.0 Å². The molecule has 1 heterocycles. The number of halogens is 2. The number of carbonyl (C=O) groups excluding carboxylic acids is 1. The van der Waals surface area contributed by atoms with E-state index in [-0.39, 0.29) is 54.6 Å². The van der Waals surface area contributed by atoms with Gasteiger partial charge in [-0.2, -0.15) is 5.26 Å². The molecule has 14 heteroatoms. The van der Waals surface area contributed by atoms with Gasteiger partial charge in [-0.15, -0.1) is 12.4 Å². The van der Waals surface area contributed by atoms with Gasteiger partial charge in [-0.3, -0.25) is 15.0 Å². The number of nitro benzene ring substituents is 1. The topological polar surface area (TPSA) is 137 Å². The maximum absolute atomic E-state index is 13.2. The Balaban J connectivity index is 0.00000576. The van der Waals surface area contributed by atoms with Crippen LogP contribution in [0.1, 0.15) is 36.3 Å². The van der Waals surface area contributed by atoms with E-state index in [0.717, 1.165) is 5.56 Å². The first-order valence-electron chi connectivity index (χ1n) is 14.6. The molecule has 3 aromatic rings. The van der Waals surface area contributed by atoms with Crippen molar-refractivity contribution in [1.29, 1.82) is 5.26 Å². The zero-order valence-electron chi connectivity index (χ0n) is 25.4. The smallest absolute Gasteiger partial charge is 0.411 e. The number of likely N-dealkylation sites (tertiary alicyclic amines) is 1. The normalized spacial score (nSPS) is 14.6. The summed E-state index contributed by atoms with van der Waals surface area (Å²) in [5, 5.41) is 20.8. The van der Waals surface area contributed by atoms with Crippen molar-refractivity contribution in [2.24, 2.45) is 0 Å². The summed E-state index contributed by atoms with van der Waals surface area (Å²) in [7, 11) is -2.08. The Morgan fingerprint density at radius 1 is 1.11 bits per heavy atom. The summed E-state index contributed by atoms with van der Waals surface area (Å²) >= 11 is 6.30. The van der Waals surface area contributed by atoms with Crippen molar-refractivity contribution < 1.29 is 22.9 Å². The fraction of sp³-hybridized carbons (Fsp3) is 0.375. The van der Waals surface area contributed by atoms with E-state index in [1.807, 2.05) is 18.2 Å². The van der Waals surface area contributed by atoms with Gasteiger partial charge in [-0.05, 0) is 79.3 Å². The van der Waals surface area contributed by atoms with Gasteiger partial charge in [-0.1, -0.05) is 41.9 Å². The first-order valence-corrected chi connectivity index (χ1v) is 16.4. The van der Waals surface area contributed by atoms with Gasteiger partial charge >= 0.3 is 6.09 Å². The number of nitriles is 1. The number of piperidine rings is 1. The Kier molecular flexibility index (Phi) is 13.8. The summed E-state index contributed by atoms with van der Waals surface area (Å²) < 4.78 is 33.3. The van der Waals surface area contributed by atoms with Gasteiger partial charge in [0.1, 0.15) is 13.2 Å². The van der Waals surface area contributed by atoms with Crippen LogP contribution in [0.2, 0.25) is 5.02 Å². The zero-order valence-corrected chi connectivity index (χ0v) is 27.8. The van der Waals surface area contributed by atoms with Crippen molar-refractivity contribution in [1.82, 2.24) is 14.1 Å². The van der Waals surface area contributed by atoms with Crippen molar-refractivity contribution in [2.75, 3.05) is 39.8 Å². The summed E-state index contributed by atoms with van der Waals surface area (Å²) in [5.74, 6) is -0.102.